The van der Waals surface area contributed by atoms with Crippen LogP contribution in [0.15, 0.2) is 60.8 Å². The molecule has 0 atom stereocenters. The van der Waals surface area contributed by atoms with Crippen LogP contribution in [0.5, 0.6) is 0 Å². The largest absolute Gasteiger partial charge is 0.353 e. The predicted octanol–water partition coefficient (Wildman–Crippen LogP) is 6.29. The van der Waals surface area contributed by atoms with Gasteiger partial charge in [-0.3, -0.25) is 9.78 Å². The molecule has 2 N–H and O–H groups in total. The summed E-state index contributed by atoms with van der Waals surface area (Å²) in [7, 11) is 0. The Morgan fingerprint density at radius 1 is 1.17 bits per heavy atom. The molecule has 2 aromatic heterocycles. The zero-order chi connectivity index (χ0) is 21.1. The van der Waals surface area contributed by atoms with Crippen LogP contribution in [-0.4, -0.2) is 15.9 Å². The molecule has 4 aromatic rings. The number of hydrogen-bond donors (Lipinski definition) is 2. The number of aromatic amines is 1. The Bertz CT molecular complexity index is 1200. The molecule has 4 rings (SSSR count). The molecule has 0 aliphatic heterocycles. The fourth-order valence-electron chi connectivity index (χ4n) is 3.58. The van der Waals surface area contributed by atoms with Crippen LogP contribution in [0.25, 0.3) is 22.3 Å². The van der Waals surface area contributed by atoms with Crippen molar-refractivity contribution in [3.8, 4) is 11.4 Å². The maximum absolute atomic E-state index is 13.9. The molecule has 1 amide bonds. The monoisotopic (exact) mass is 421 g/mol. The lowest BCUT2D eigenvalue weighted by atomic mass is 10.0. The van der Waals surface area contributed by atoms with Crippen molar-refractivity contribution >= 4 is 34.1 Å². The maximum Gasteiger partial charge on any atom is 0.224 e. The van der Waals surface area contributed by atoms with E-state index in [0.717, 1.165) is 39.1 Å². The van der Waals surface area contributed by atoms with Gasteiger partial charge in [-0.2, -0.15) is 0 Å². The Balaban J connectivity index is 1.52. The fraction of sp³-hybridized carbons (Fsp3) is 0.167. The summed E-state index contributed by atoms with van der Waals surface area (Å²) in [6, 6.07) is 15.8. The van der Waals surface area contributed by atoms with Gasteiger partial charge in [0.25, 0.3) is 0 Å². The van der Waals surface area contributed by atoms with Gasteiger partial charge in [-0.15, -0.1) is 0 Å². The molecule has 4 nitrogen and oxygen atoms in total. The molecule has 0 aliphatic rings. The summed E-state index contributed by atoms with van der Waals surface area (Å²) in [6.07, 6.45) is 3.31. The van der Waals surface area contributed by atoms with E-state index >= 15 is 0 Å². The van der Waals surface area contributed by atoms with Crippen molar-refractivity contribution in [1.29, 1.82) is 0 Å². The van der Waals surface area contributed by atoms with Gasteiger partial charge in [-0.25, -0.2) is 4.39 Å². The number of carbonyl (C=O) groups is 1. The lowest BCUT2D eigenvalue weighted by Gasteiger charge is -2.09. The Kier molecular flexibility index (Phi) is 5.81. The van der Waals surface area contributed by atoms with Gasteiger partial charge >= 0.3 is 0 Å². The smallest absolute Gasteiger partial charge is 0.224 e. The summed E-state index contributed by atoms with van der Waals surface area (Å²) in [5.41, 5.74) is 5.15. The van der Waals surface area contributed by atoms with Gasteiger partial charge in [0.1, 0.15) is 5.82 Å². The van der Waals surface area contributed by atoms with E-state index in [9.17, 15) is 9.18 Å². The summed E-state index contributed by atoms with van der Waals surface area (Å²) in [6.45, 7) is 1.92. The molecule has 0 spiro atoms. The Morgan fingerprint density at radius 2 is 2.03 bits per heavy atom. The minimum Gasteiger partial charge on any atom is -0.353 e. The molecule has 0 bridgehead atoms. The van der Waals surface area contributed by atoms with Crippen LogP contribution in [0.1, 0.15) is 24.0 Å². The number of anilines is 1. The Labute approximate surface area is 179 Å². The minimum atomic E-state index is -0.288. The van der Waals surface area contributed by atoms with Gasteiger partial charge in [-0.1, -0.05) is 23.7 Å². The molecule has 30 heavy (non-hydrogen) atoms. The molecule has 0 unspecified atom stereocenters. The molecular weight excluding hydrogens is 401 g/mol. The van der Waals surface area contributed by atoms with E-state index in [4.69, 9.17) is 11.6 Å². The standard InChI is InChI=1S/C24H21ClFN3O/c1-15-8-9-16(25)13-22(15)28-23(30)7-4-5-18-19-14-17(26)10-11-20(19)29-24(18)21-6-2-3-12-27-21/h2-3,6,8-14,29H,4-5,7H2,1H3,(H,28,30). The van der Waals surface area contributed by atoms with Crippen molar-refractivity contribution in [2.75, 3.05) is 5.32 Å². The van der Waals surface area contributed by atoms with E-state index in [2.05, 4.69) is 15.3 Å². The van der Waals surface area contributed by atoms with Crippen LogP contribution < -0.4 is 5.32 Å². The first kappa shape index (κ1) is 20.1. The molecule has 2 aromatic carbocycles. The first-order chi connectivity index (χ1) is 14.5. The summed E-state index contributed by atoms with van der Waals surface area (Å²) in [5.74, 6) is -0.365. The molecule has 0 saturated carbocycles. The highest BCUT2D eigenvalue weighted by Crippen LogP contribution is 2.31. The average Bonchev–Trinajstić information content (AvgIpc) is 3.09. The zero-order valence-electron chi connectivity index (χ0n) is 16.5. The Morgan fingerprint density at radius 3 is 2.83 bits per heavy atom. The summed E-state index contributed by atoms with van der Waals surface area (Å²) >= 11 is 6.02. The summed E-state index contributed by atoms with van der Waals surface area (Å²) < 4.78 is 13.9. The highest BCUT2D eigenvalue weighted by Gasteiger charge is 2.15. The highest BCUT2D eigenvalue weighted by atomic mass is 35.5. The van der Waals surface area contributed by atoms with Crippen LogP contribution in [0.4, 0.5) is 10.1 Å². The molecular formula is C24H21ClFN3O. The SMILES string of the molecule is Cc1ccc(Cl)cc1NC(=O)CCCc1c(-c2ccccn2)[nH]c2ccc(F)cc12. The van der Waals surface area contributed by atoms with Gasteiger partial charge in [-0.05, 0) is 73.4 Å². The lowest BCUT2D eigenvalue weighted by molar-refractivity contribution is -0.116. The van der Waals surface area contributed by atoms with Crippen molar-refractivity contribution in [2.45, 2.75) is 26.2 Å². The molecule has 152 valence electrons. The third-order valence-corrected chi connectivity index (χ3v) is 5.33. The van der Waals surface area contributed by atoms with Crippen LogP contribution in [-0.2, 0) is 11.2 Å². The number of nitrogens with one attached hydrogen (secondary N) is 2. The minimum absolute atomic E-state index is 0.0780. The number of halogens is 2. The number of fused-ring (bicyclic) bond motifs is 1. The quantitative estimate of drug-likeness (QED) is 0.384. The van der Waals surface area contributed by atoms with E-state index in [1.54, 1.807) is 24.4 Å². The molecule has 0 saturated heterocycles. The van der Waals surface area contributed by atoms with Gasteiger partial charge in [0.15, 0.2) is 0 Å². The third kappa shape index (κ3) is 4.36. The van der Waals surface area contributed by atoms with Crippen LogP contribution in [0.3, 0.4) is 0 Å². The van der Waals surface area contributed by atoms with E-state index in [1.165, 1.54) is 12.1 Å². The fourth-order valence-corrected chi connectivity index (χ4v) is 3.75. The molecule has 0 aliphatic carbocycles. The van der Waals surface area contributed by atoms with Gasteiger partial charge in [0.05, 0.1) is 11.4 Å². The van der Waals surface area contributed by atoms with Gasteiger partial charge in [0, 0.05) is 34.2 Å². The van der Waals surface area contributed by atoms with E-state index in [-0.39, 0.29) is 11.7 Å². The van der Waals surface area contributed by atoms with Crippen molar-refractivity contribution < 1.29 is 9.18 Å². The number of nitrogens with zero attached hydrogens (tertiary/aromatic N) is 1. The number of rotatable bonds is 6. The second-order valence-corrected chi connectivity index (χ2v) is 7.68. The van der Waals surface area contributed by atoms with E-state index in [1.807, 2.05) is 31.2 Å². The normalized spacial score (nSPS) is 11.0. The van der Waals surface area contributed by atoms with Crippen molar-refractivity contribution in [3.63, 3.8) is 0 Å². The number of amides is 1. The summed E-state index contributed by atoms with van der Waals surface area (Å²) in [4.78, 5) is 20.2. The van der Waals surface area contributed by atoms with E-state index in [0.29, 0.717) is 24.3 Å². The number of aromatic nitrogens is 2. The third-order valence-electron chi connectivity index (χ3n) is 5.09. The maximum atomic E-state index is 13.9. The first-order valence-corrected chi connectivity index (χ1v) is 10.2. The number of benzene rings is 2. The Hall–Kier alpha value is -3.18. The van der Waals surface area contributed by atoms with E-state index < -0.39 is 0 Å². The molecule has 6 heteroatoms. The molecule has 0 fully saturated rings. The van der Waals surface area contributed by atoms with Crippen LogP contribution >= 0.6 is 11.6 Å². The van der Waals surface area contributed by atoms with Gasteiger partial charge in [0.2, 0.25) is 5.91 Å². The highest BCUT2D eigenvalue weighted by molar-refractivity contribution is 6.31. The van der Waals surface area contributed by atoms with Crippen LogP contribution in [0, 0.1) is 12.7 Å². The second kappa shape index (κ2) is 8.67. The zero-order valence-corrected chi connectivity index (χ0v) is 17.3. The van der Waals surface area contributed by atoms with Crippen LogP contribution in [0.2, 0.25) is 5.02 Å². The molecule has 0 radical (unpaired) electrons. The number of aryl methyl sites for hydroxylation is 2. The average molecular weight is 422 g/mol. The number of hydrogen-bond acceptors (Lipinski definition) is 2. The first-order valence-electron chi connectivity index (χ1n) is 9.79. The number of carbonyl (C=O) groups excluding carboxylic acids is 1. The summed E-state index contributed by atoms with van der Waals surface area (Å²) in [5, 5.41) is 4.32. The van der Waals surface area contributed by atoms with Crippen molar-refractivity contribution in [3.05, 3.63) is 82.8 Å². The predicted molar refractivity (Wildman–Crippen MR) is 119 cm³/mol. The number of pyridine rings is 1. The topological polar surface area (TPSA) is 57.8 Å². The van der Waals surface area contributed by atoms with Crippen molar-refractivity contribution in [2.24, 2.45) is 0 Å². The number of H-pyrrole nitrogens is 1. The lowest BCUT2D eigenvalue weighted by Crippen LogP contribution is -2.12. The second-order valence-electron chi connectivity index (χ2n) is 7.24. The van der Waals surface area contributed by atoms with Crippen molar-refractivity contribution in [1.82, 2.24) is 9.97 Å². The molecule has 2 heterocycles. The van der Waals surface area contributed by atoms with Gasteiger partial charge < -0.3 is 10.3 Å².